The zero-order valence-corrected chi connectivity index (χ0v) is 17.2. The Bertz CT molecular complexity index is 1030. The van der Waals surface area contributed by atoms with Gasteiger partial charge in [0.05, 0.1) is 10.6 Å². The lowest BCUT2D eigenvalue weighted by Gasteiger charge is -2.36. The fraction of sp³-hybridized carbons (Fsp3) is 0.167. The molecular weight excluding hydrogens is 398 g/mol. The molecule has 6 heteroatoms. The van der Waals surface area contributed by atoms with Crippen LogP contribution in [0.5, 0.6) is 0 Å². The molecule has 3 aromatic carbocycles. The van der Waals surface area contributed by atoms with E-state index >= 15 is 0 Å². The third-order valence-electron chi connectivity index (χ3n) is 5.20. The molecule has 0 bridgehead atoms. The minimum absolute atomic E-state index is 0.0767. The average molecular weight is 420 g/mol. The molecule has 0 unspecified atom stereocenters. The van der Waals surface area contributed by atoms with E-state index in [1.54, 1.807) is 24.3 Å². The van der Waals surface area contributed by atoms with E-state index in [1.807, 2.05) is 59.5 Å². The number of nitrogens with zero attached hydrogens (tertiary/aromatic N) is 2. The van der Waals surface area contributed by atoms with Crippen LogP contribution in [-0.4, -0.2) is 42.9 Å². The molecule has 0 aliphatic carbocycles. The summed E-state index contributed by atoms with van der Waals surface area (Å²) >= 11 is 6.09. The second kappa shape index (κ2) is 9.01. The molecule has 2 amide bonds. The van der Waals surface area contributed by atoms with Crippen molar-refractivity contribution in [2.75, 3.05) is 36.4 Å². The molecule has 0 aromatic heterocycles. The molecule has 1 saturated heterocycles. The van der Waals surface area contributed by atoms with Crippen LogP contribution in [0.2, 0.25) is 5.02 Å². The van der Waals surface area contributed by atoms with Gasteiger partial charge in [0.2, 0.25) is 0 Å². The van der Waals surface area contributed by atoms with Crippen LogP contribution in [0.4, 0.5) is 11.4 Å². The first kappa shape index (κ1) is 20.0. The average Bonchev–Trinajstić information content (AvgIpc) is 2.80. The SMILES string of the molecule is O=C(Nc1ccc(N2CCN(C(=O)c3ccccc3)CC2)cc1)c1ccccc1Cl. The fourth-order valence-corrected chi connectivity index (χ4v) is 3.75. The fourth-order valence-electron chi connectivity index (χ4n) is 3.53. The Kier molecular flexibility index (Phi) is 6.00. The number of halogens is 1. The van der Waals surface area contributed by atoms with Crippen LogP contribution in [0, 0.1) is 0 Å². The van der Waals surface area contributed by atoms with Crippen molar-refractivity contribution in [1.29, 1.82) is 0 Å². The van der Waals surface area contributed by atoms with Crippen molar-refractivity contribution in [1.82, 2.24) is 4.90 Å². The largest absolute Gasteiger partial charge is 0.368 e. The molecule has 3 aromatic rings. The molecule has 1 aliphatic heterocycles. The van der Waals surface area contributed by atoms with Crippen LogP contribution in [0.3, 0.4) is 0 Å². The van der Waals surface area contributed by atoms with Crippen molar-refractivity contribution in [3.63, 3.8) is 0 Å². The smallest absolute Gasteiger partial charge is 0.257 e. The number of amides is 2. The minimum Gasteiger partial charge on any atom is -0.368 e. The zero-order valence-electron chi connectivity index (χ0n) is 16.4. The minimum atomic E-state index is -0.235. The molecule has 152 valence electrons. The Balaban J connectivity index is 1.34. The highest BCUT2D eigenvalue weighted by atomic mass is 35.5. The number of hydrogen-bond acceptors (Lipinski definition) is 3. The highest BCUT2D eigenvalue weighted by molar-refractivity contribution is 6.34. The van der Waals surface area contributed by atoms with E-state index in [0.717, 1.165) is 24.3 Å². The van der Waals surface area contributed by atoms with Crippen LogP contribution in [0.25, 0.3) is 0 Å². The summed E-state index contributed by atoms with van der Waals surface area (Å²) in [5.41, 5.74) is 2.95. The van der Waals surface area contributed by atoms with E-state index in [0.29, 0.717) is 29.4 Å². The molecule has 1 N–H and O–H groups in total. The number of benzene rings is 3. The first-order valence-corrected chi connectivity index (χ1v) is 10.2. The van der Waals surface area contributed by atoms with Gasteiger partial charge >= 0.3 is 0 Å². The van der Waals surface area contributed by atoms with Crippen LogP contribution in [0.1, 0.15) is 20.7 Å². The molecule has 4 rings (SSSR count). The number of carbonyl (C=O) groups is 2. The first-order chi connectivity index (χ1) is 14.6. The lowest BCUT2D eigenvalue weighted by Crippen LogP contribution is -2.48. The maximum Gasteiger partial charge on any atom is 0.257 e. The molecular formula is C24H22ClN3O2. The zero-order chi connectivity index (χ0) is 20.9. The predicted octanol–water partition coefficient (Wildman–Crippen LogP) is 4.55. The van der Waals surface area contributed by atoms with E-state index in [-0.39, 0.29) is 11.8 Å². The summed E-state index contributed by atoms with van der Waals surface area (Å²) in [5.74, 6) is -0.158. The second-order valence-electron chi connectivity index (χ2n) is 7.13. The van der Waals surface area contributed by atoms with E-state index in [9.17, 15) is 9.59 Å². The number of nitrogens with one attached hydrogen (secondary N) is 1. The van der Waals surface area contributed by atoms with Crippen molar-refractivity contribution in [2.24, 2.45) is 0 Å². The van der Waals surface area contributed by atoms with Gasteiger partial charge in [0, 0.05) is 43.1 Å². The van der Waals surface area contributed by atoms with Crippen LogP contribution in [-0.2, 0) is 0 Å². The Morgan fingerprint density at radius 1 is 0.767 bits per heavy atom. The van der Waals surface area contributed by atoms with Gasteiger partial charge in [0.25, 0.3) is 11.8 Å². The summed E-state index contributed by atoms with van der Waals surface area (Å²) in [5, 5.41) is 3.30. The molecule has 0 spiro atoms. The number of rotatable bonds is 4. The maximum absolute atomic E-state index is 12.6. The summed E-state index contributed by atoms with van der Waals surface area (Å²) in [6, 6.07) is 24.1. The van der Waals surface area contributed by atoms with Gasteiger partial charge in [-0.05, 0) is 48.5 Å². The molecule has 0 saturated carbocycles. The summed E-state index contributed by atoms with van der Waals surface area (Å²) < 4.78 is 0. The molecule has 0 radical (unpaired) electrons. The van der Waals surface area contributed by atoms with Crippen molar-refractivity contribution < 1.29 is 9.59 Å². The van der Waals surface area contributed by atoms with Gasteiger partial charge in [-0.25, -0.2) is 0 Å². The third kappa shape index (κ3) is 4.47. The summed E-state index contributed by atoms with van der Waals surface area (Å²) in [6.45, 7) is 2.89. The molecule has 1 aliphatic rings. The van der Waals surface area contributed by atoms with E-state index in [2.05, 4.69) is 10.2 Å². The van der Waals surface area contributed by atoms with Crippen LogP contribution in [0.15, 0.2) is 78.9 Å². The van der Waals surface area contributed by atoms with Crippen LogP contribution >= 0.6 is 11.6 Å². The second-order valence-corrected chi connectivity index (χ2v) is 7.53. The number of hydrogen-bond donors (Lipinski definition) is 1. The van der Waals surface area contributed by atoms with E-state index < -0.39 is 0 Å². The van der Waals surface area contributed by atoms with Gasteiger partial charge in [-0.15, -0.1) is 0 Å². The van der Waals surface area contributed by atoms with Gasteiger partial charge < -0.3 is 15.1 Å². The monoisotopic (exact) mass is 419 g/mol. The van der Waals surface area contributed by atoms with Crippen molar-refractivity contribution in [3.05, 3.63) is 95.0 Å². The quantitative estimate of drug-likeness (QED) is 0.674. The molecule has 1 heterocycles. The van der Waals surface area contributed by atoms with E-state index in [4.69, 9.17) is 11.6 Å². The van der Waals surface area contributed by atoms with Gasteiger partial charge in [0.1, 0.15) is 0 Å². The number of anilines is 2. The molecule has 1 fully saturated rings. The molecule has 30 heavy (non-hydrogen) atoms. The van der Waals surface area contributed by atoms with Gasteiger partial charge in [-0.1, -0.05) is 41.9 Å². The van der Waals surface area contributed by atoms with Crippen molar-refractivity contribution in [2.45, 2.75) is 0 Å². The normalized spacial score (nSPS) is 13.8. The van der Waals surface area contributed by atoms with Gasteiger partial charge in [-0.3, -0.25) is 9.59 Å². The predicted molar refractivity (Wildman–Crippen MR) is 120 cm³/mol. The lowest BCUT2D eigenvalue weighted by molar-refractivity contribution is 0.0746. The summed E-state index contributed by atoms with van der Waals surface area (Å²) in [6.07, 6.45) is 0. The first-order valence-electron chi connectivity index (χ1n) is 9.87. The summed E-state index contributed by atoms with van der Waals surface area (Å²) in [4.78, 5) is 29.1. The molecule has 5 nitrogen and oxygen atoms in total. The Morgan fingerprint density at radius 2 is 1.40 bits per heavy atom. The van der Waals surface area contributed by atoms with Crippen molar-refractivity contribution in [3.8, 4) is 0 Å². The van der Waals surface area contributed by atoms with Crippen LogP contribution < -0.4 is 10.2 Å². The molecule has 0 atom stereocenters. The highest BCUT2D eigenvalue weighted by Crippen LogP contribution is 2.22. The number of piperazine rings is 1. The highest BCUT2D eigenvalue weighted by Gasteiger charge is 2.22. The topological polar surface area (TPSA) is 52.7 Å². The Morgan fingerprint density at radius 3 is 2.07 bits per heavy atom. The third-order valence-corrected chi connectivity index (χ3v) is 5.53. The van der Waals surface area contributed by atoms with Gasteiger partial charge in [0.15, 0.2) is 0 Å². The van der Waals surface area contributed by atoms with Gasteiger partial charge in [-0.2, -0.15) is 0 Å². The summed E-state index contributed by atoms with van der Waals surface area (Å²) in [7, 11) is 0. The Hall–Kier alpha value is -3.31. The standard InChI is InChI=1S/C24H22ClN3O2/c25-22-9-5-4-8-21(22)23(29)26-19-10-12-20(13-11-19)27-14-16-28(17-15-27)24(30)18-6-2-1-3-7-18/h1-13H,14-17H2,(H,26,29). The Labute approximate surface area is 180 Å². The maximum atomic E-state index is 12.6. The number of carbonyl (C=O) groups excluding carboxylic acids is 2. The van der Waals surface area contributed by atoms with E-state index in [1.165, 1.54) is 0 Å². The van der Waals surface area contributed by atoms with Crippen molar-refractivity contribution >= 4 is 34.8 Å². The lowest BCUT2D eigenvalue weighted by atomic mass is 10.1.